The minimum atomic E-state index is -1.06. The van der Waals surface area contributed by atoms with E-state index in [0.29, 0.717) is 17.5 Å². The number of thiazole rings is 1. The highest BCUT2D eigenvalue weighted by Gasteiger charge is 2.56. The lowest BCUT2D eigenvalue weighted by atomic mass is 9.72. The molecule has 0 aliphatic carbocycles. The molecule has 2 aromatic carbocycles. The molecule has 1 unspecified atom stereocenters. The summed E-state index contributed by atoms with van der Waals surface area (Å²) < 4.78 is 2.69. The predicted molar refractivity (Wildman–Crippen MR) is 120 cm³/mol. The van der Waals surface area contributed by atoms with Gasteiger partial charge in [-0.1, -0.05) is 48.6 Å². The summed E-state index contributed by atoms with van der Waals surface area (Å²) in [4.78, 5) is 33.2. The van der Waals surface area contributed by atoms with E-state index in [2.05, 4.69) is 15.4 Å². The zero-order chi connectivity index (χ0) is 21.2. The van der Waals surface area contributed by atoms with Gasteiger partial charge in [0.2, 0.25) is 16.9 Å². The van der Waals surface area contributed by atoms with Crippen LogP contribution in [0, 0.1) is 0 Å². The van der Waals surface area contributed by atoms with Crippen molar-refractivity contribution in [1.82, 2.24) is 14.8 Å². The standard InChI is InChI=1S/C23H19N5O2S/c1-2-11-27-17-9-5-3-7-14(17)23(21(27)30)12-19(29)26-20-15(23)13-24-28(20)22-25-16-8-4-6-10-18(16)31-22/h3-10,13H,2,11-12H2,1H3,(H,26,29). The summed E-state index contributed by atoms with van der Waals surface area (Å²) in [5, 5.41) is 8.19. The van der Waals surface area contributed by atoms with Gasteiger partial charge in [0.05, 0.1) is 16.4 Å². The van der Waals surface area contributed by atoms with Crippen molar-refractivity contribution < 1.29 is 9.59 Å². The normalized spacial score (nSPS) is 19.7. The second kappa shape index (κ2) is 6.49. The molecule has 0 bridgehead atoms. The van der Waals surface area contributed by atoms with Crippen molar-refractivity contribution in [2.45, 2.75) is 25.2 Å². The first-order chi connectivity index (χ1) is 15.1. The second-order valence-corrected chi connectivity index (χ2v) is 8.90. The van der Waals surface area contributed by atoms with Crippen LogP contribution in [0.15, 0.2) is 54.7 Å². The van der Waals surface area contributed by atoms with Crippen molar-refractivity contribution >= 4 is 44.9 Å². The highest BCUT2D eigenvalue weighted by Crippen LogP contribution is 2.52. The Kier molecular flexibility index (Phi) is 3.82. The van der Waals surface area contributed by atoms with Gasteiger partial charge < -0.3 is 10.2 Å². The number of anilines is 2. The van der Waals surface area contributed by atoms with Gasteiger partial charge in [0, 0.05) is 24.2 Å². The lowest BCUT2D eigenvalue weighted by molar-refractivity contribution is -0.126. The average molecular weight is 430 g/mol. The molecule has 0 saturated heterocycles. The fraction of sp³-hybridized carbons (Fsp3) is 0.217. The molecule has 2 amide bonds. The van der Waals surface area contributed by atoms with Crippen LogP contribution in [0.3, 0.4) is 0 Å². The third kappa shape index (κ3) is 2.39. The fourth-order valence-electron chi connectivity index (χ4n) is 4.79. The molecule has 4 aromatic rings. The van der Waals surface area contributed by atoms with Gasteiger partial charge in [-0.05, 0) is 30.2 Å². The van der Waals surface area contributed by atoms with Gasteiger partial charge in [-0.2, -0.15) is 9.78 Å². The molecule has 6 rings (SSSR count). The number of hydrogen-bond acceptors (Lipinski definition) is 5. The summed E-state index contributed by atoms with van der Waals surface area (Å²) in [5.74, 6) is 0.268. The number of hydrogen-bond donors (Lipinski definition) is 1. The summed E-state index contributed by atoms with van der Waals surface area (Å²) in [5.41, 5.74) is 2.29. The minimum Gasteiger partial charge on any atom is -0.311 e. The molecular formula is C23H19N5O2S. The predicted octanol–water partition coefficient (Wildman–Crippen LogP) is 3.87. The van der Waals surface area contributed by atoms with Crippen molar-refractivity contribution in [3.63, 3.8) is 0 Å². The van der Waals surface area contributed by atoms with Gasteiger partial charge in [-0.15, -0.1) is 0 Å². The number of fused-ring (bicyclic) bond motifs is 5. The Bertz CT molecular complexity index is 1340. The van der Waals surface area contributed by atoms with Crippen LogP contribution >= 0.6 is 11.3 Å². The van der Waals surface area contributed by atoms with E-state index in [4.69, 9.17) is 0 Å². The zero-order valence-electron chi connectivity index (χ0n) is 16.8. The summed E-state index contributed by atoms with van der Waals surface area (Å²) >= 11 is 1.50. The Balaban J connectivity index is 1.58. The van der Waals surface area contributed by atoms with Crippen LogP contribution in [-0.2, 0) is 15.0 Å². The number of para-hydroxylation sites is 2. The maximum absolute atomic E-state index is 13.8. The molecule has 1 N–H and O–H groups in total. The summed E-state index contributed by atoms with van der Waals surface area (Å²) in [6, 6.07) is 15.6. The van der Waals surface area contributed by atoms with Gasteiger partial charge in [0.25, 0.3) is 0 Å². The number of carbonyl (C=O) groups excluding carboxylic acids is 2. The zero-order valence-corrected chi connectivity index (χ0v) is 17.6. The molecule has 31 heavy (non-hydrogen) atoms. The van der Waals surface area contributed by atoms with Crippen LogP contribution in [0.2, 0.25) is 0 Å². The number of nitrogens with zero attached hydrogens (tertiary/aromatic N) is 4. The highest BCUT2D eigenvalue weighted by atomic mass is 32.1. The molecular weight excluding hydrogens is 410 g/mol. The van der Waals surface area contributed by atoms with Crippen molar-refractivity contribution in [2.24, 2.45) is 0 Å². The summed E-state index contributed by atoms with van der Waals surface area (Å²) in [6.45, 7) is 2.66. The molecule has 0 saturated carbocycles. The van der Waals surface area contributed by atoms with E-state index in [1.54, 1.807) is 10.9 Å². The molecule has 4 heterocycles. The largest absolute Gasteiger partial charge is 0.311 e. The first kappa shape index (κ1) is 18.3. The van der Waals surface area contributed by atoms with E-state index in [-0.39, 0.29) is 18.2 Å². The molecule has 154 valence electrons. The molecule has 2 aromatic heterocycles. The van der Waals surface area contributed by atoms with E-state index in [1.807, 2.05) is 60.4 Å². The lowest BCUT2D eigenvalue weighted by Gasteiger charge is -2.32. The van der Waals surface area contributed by atoms with Crippen LogP contribution in [-0.4, -0.2) is 33.1 Å². The lowest BCUT2D eigenvalue weighted by Crippen LogP contribution is -2.46. The molecule has 0 radical (unpaired) electrons. The SMILES string of the molecule is CCCN1C(=O)C2(CC(=O)Nc3c2cnn3-c2nc3ccccc3s2)c2ccccc21. The summed E-state index contributed by atoms with van der Waals surface area (Å²) in [6.07, 6.45) is 2.62. The van der Waals surface area contributed by atoms with Crippen LogP contribution in [0.25, 0.3) is 15.3 Å². The first-order valence-corrected chi connectivity index (χ1v) is 11.1. The Labute approximate surface area is 182 Å². The van der Waals surface area contributed by atoms with Crippen molar-refractivity contribution in [2.75, 3.05) is 16.8 Å². The average Bonchev–Trinajstić information content (AvgIpc) is 3.45. The number of carbonyl (C=O) groups is 2. The van der Waals surface area contributed by atoms with Crippen LogP contribution in [0.1, 0.15) is 30.9 Å². The first-order valence-electron chi connectivity index (χ1n) is 10.3. The molecule has 2 aliphatic rings. The van der Waals surface area contributed by atoms with E-state index in [1.165, 1.54) is 11.3 Å². The van der Waals surface area contributed by atoms with Crippen molar-refractivity contribution in [3.8, 4) is 5.13 Å². The number of rotatable bonds is 3. The number of aromatic nitrogens is 3. The summed E-state index contributed by atoms with van der Waals surface area (Å²) in [7, 11) is 0. The van der Waals surface area contributed by atoms with Gasteiger partial charge >= 0.3 is 0 Å². The maximum Gasteiger partial charge on any atom is 0.242 e. The van der Waals surface area contributed by atoms with E-state index < -0.39 is 5.41 Å². The Morgan fingerprint density at radius 3 is 2.74 bits per heavy atom. The van der Waals surface area contributed by atoms with Crippen LogP contribution < -0.4 is 10.2 Å². The van der Waals surface area contributed by atoms with E-state index in [9.17, 15) is 9.59 Å². The van der Waals surface area contributed by atoms with Crippen molar-refractivity contribution in [3.05, 3.63) is 65.9 Å². The Morgan fingerprint density at radius 2 is 1.90 bits per heavy atom. The second-order valence-electron chi connectivity index (χ2n) is 7.89. The molecule has 1 spiro atoms. The number of amides is 2. The number of benzene rings is 2. The van der Waals surface area contributed by atoms with Gasteiger partial charge in [0.15, 0.2) is 0 Å². The molecule has 1 atom stereocenters. The van der Waals surface area contributed by atoms with Crippen LogP contribution in [0.5, 0.6) is 0 Å². The topological polar surface area (TPSA) is 80.1 Å². The third-order valence-corrected chi connectivity index (χ3v) is 7.10. The Morgan fingerprint density at radius 1 is 1.10 bits per heavy atom. The smallest absolute Gasteiger partial charge is 0.242 e. The maximum atomic E-state index is 13.8. The van der Waals surface area contributed by atoms with Crippen LogP contribution in [0.4, 0.5) is 11.5 Å². The van der Waals surface area contributed by atoms with Gasteiger partial charge in [-0.3, -0.25) is 9.59 Å². The van der Waals surface area contributed by atoms with Crippen molar-refractivity contribution in [1.29, 1.82) is 0 Å². The minimum absolute atomic E-state index is 0.0597. The quantitative estimate of drug-likeness (QED) is 0.536. The monoisotopic (exact) mass is 429 g/mol. The molecule has 8 heteroatoms. The van der Waals surface area contributed by atoms with Gasteiger partial charge in [-0.25, -0.2) is 4.98 Å². The Hall–Kier alpha value is -3.52. The molecule has 7 nitrogen and oxygen atoms in total. The van der Waals surface area contributed by atoms with E-state index in [0.717, 1.165) is 33.5 Å². The molecule has 0 fully saturated rings. The highest BCUT2D eigenvalue weighted by molar-refractivity contribution is 7.20. The molecule has 2 aliphatic heterocycles. The van der Waals surface area contributed by atoms with Gasteiger partial charge in [0.1, 0.15) is 11.2 Å². The number of nitrogens with one attached hydrogen (secondary N) is 1. The van der Waals surface area contributed by atoms with E-state index >= 15 is 0 Å². The fourth-order valence-corrected chi connectivity index (χ4v) is 5.72. The third-order valence-electron chi connectivity index (χ3n) is 6.09.